The third kappa shape index (κ3) is 1.64. The Morgan fingerprint density at radius 1 is 1.33 bits per heavy atom. The fourth-order valence-corrected chi connectivity index (χ4v) is 2.24. The smallest absolute Gasteiger partial charge is 0.0252 e. The molecule has 1 aliphatic carbocycles. The highest BCUT2D eigenvalue weighted by Crippen LogP contribution is 2.26. The first-order valence-electron chi connectivity index (χ1n) is 5.16. The lowest BCUT2D eigenvalue weighted by Gasteiger charge is -2.46. The predicted octanol–water partition coefficient (Wildman–Crippen LogP) is 1.22. The van der Waals surface area contributed by atoms with Crippen molar-refractivity contribution < 1.29 is 0 Å². The Bertz CT molecular complexity index is 161. The first kappa shape index (κ1) is 8.52. The van der Waals surface area contributed by atoms with Gasteiger partial charge in [0.15, 0.2) is 0 Å². The molecule has 12 heavy (non-hydrogen) atoms. The van der Waals surface area contributed by atoms with Gasteiger partial charge in [-0.1, -0.05) is 6.42 Å². The molecule has 0 atom stereocenters. The molecule has 0 radical (unpaired) electrons. The second-order valence-electron chi connectivity index (χ2n) is 4.87. The Morgan fingerprint density at radius 2 is 2.08 bits per heavy atom. The van der Waals surface area contributed by atoms with Crippen molar-refractivity contribution in [3.8, 4) is 0 Å². The summed E-state index contributed by atoms with van der Waals surface area (Å²) in [6, 6.07) is 0.923. The Labute approximate surface area is 75.3 Å². The van der Waals surface area contributed by atoms with Gasteiger partial charge in [0.05, 0.1) is 0 Å². The highest BCUT2D eigenvalue weighted by Gasteiger charge is 2.32. The molecule has 0 unspecified atom stereocenters. The zero-order chi connectivity index (χ0) is 8.60. The molecule has 0 aromatic carbocycles. The van der Waals surface area contributed by atoms with Gasteiger partial charge in [-0.3, -0.25) is 4.90 Å². The van der Waals surface area contributed by atoms with Gasteiger partial charge in [-0.25, -0.2) is 0 Å². The van der Waals surface area contributed by atoms with Gasteiger partial charge in [0, 0.05) is 31.2 Å². The summed E-state index contributed by atoms with van der Waals surface area (Å²) in [5.41, 5.74) is 0.341. The standard InChI is InChI=1S/C10H20N2/c1-10(2)8-12(7-6-11-10)9-4-3-5-9/h9,11H,3-8H2,1-2H3. The van der Waals surface area contributed by atoms with Crippen LogP contribution in [0.5, 0.6) is 0 Å². The van der Waals surface area contributed by atoms with E-state index < -0.39 is 0 Å². The van der Waals surface area contributed by atoms with Gasteiger partial charge in [-0.2, -0.15) is 0 Å². The predicted molar refractivity (Wildman–Crippen MR) is 51.3 cm³/mol. The van der Waals surface area contributed by atoms with E-state index in [0.717, 1.165) is 6.04 Å². The van der Waals surface area contributed by atoms with Gasteiger partial charge < -0.3 is 5.32 Å². The highest BCUT2D eigenvalue weighted by atomic mass is 15.2. The zero-order valence-corrected chi connectivity index (χ0v) is 8.27. The molecule has 1 N–H and O–H groups in total. The monoisotopic (exact) mass is 168 g/mol. The molecular formula is C10H20N2. The molecule has 1 heterocycles. The summed E-state index contributed by atoms with van der Waals surface area (Å²) in [5.74, 6) is 0. The van der Waals surface area contributed by atoms with Crippen molar-refractivity contribution in [2.45, 2.75) is 44.7 Å². The molecule has 1 aliphatic heterocycles. The molecule has 2 nitrogen and oxygen atoms in total. The molecule has 0 aromatic rings. The van der Waals surface area contributed by atoms with E-state index in [4.69, 9.17) is 0 Å². The topological polar surface area (TPSA) is 15.3 Å². The minimum atomic E-state index is 0.341. The van der Waals surface area contributed by atoms with Gasteiger partial charge in [0.1, 0.15) is 0 Å². The highest BCUT2D eigenvalue weighted by molar-refractivity contribution is 4.91. The molecule has 70 valence electrons. The summed E-state index contributed by atoms with van der Waals surface area (Å²) in [6.07, 6.45) is 4.33. The summed E-state index contributed by atoms with van der Waals surface area (Å²) in [7, 11) is 0. The summed E-state index contributed by atoms with van der Waals surface area (Å²) in [4.78, 5) is 2.67. The summed E-state index contributed by atoms with van der Waals surface area (Å²) in [6.45, 7) is 8.27. The van der Waals surface area contributed by atoms with Crippen molar-refractivity contribution in [3.63, 3.8) is 0 Å². The summed E-state index contributed by atoms with van der Waals surface area (Å²) >= 11 is 0. The number of nitrogens with one attached hydrogen (secondary N) is 1. The third-order valence-electron chi connectivity index (χ3n) is 3.19. The Morgan fingerprint density at radius 3 is 2.58 bits per heavy atom. The average molecular weight is 168 g/mol. The first-order chi connectivity index (χ1) is 5.67. The van der Waals surface area contributed by atoms with E-state index in [1.165, 1.54) is 38.9 Å². The Kier molecular flexibility index (Phi) is 2.13. The SMILES string of the molecule is CC1(C)CN(C2CCC2)CCN1. The van der Waals surface area contributed by atoms with E-state index in [2.05, 4.69) is 24.1 Å². The van der Waals surface area contributed by atoms with Crippen LogP contribution in [0.2, 0.25) is 0 Å². The van der Waals surface area contributed by atoms with Crippen molar-refractivity contribution in [3.05, 3.63) is 0 Å². The van der Waals surface area contributed by atoms with Crippen LogP contribution in [0.25, 0.3) is 0 Å². The second-order valence-corrected chi connectivity index (χ2v) is 4.87. The van der Waals surface area contributed by atoms with Crippen LogP contribution in [0.3, 0.4) is 0 Å². The molecule has 0 bridgehead atoms. The molecule has 0 aromatic heterocycles. The third-order valence-corrected chi connectivity index (χ3v) is 3.19. The average Bonchev–Trinajstić information content (AvgIpc) is 1.80. The second kappa shape index (κ2) is 3.00. The molecule has 1 saturated heterocycles. The largest absolute Gasteiger partial charge is 0.309 e. The fourth-order valence-electron chi connectivity index (χ4n) is 2.24. The quantitative estimate of drug-likeness (QED) is 0.633. The molecule has 0 spiro atoms. The fraction of sp³-hybridized carbons (Fsp3) is 1.00. The Balaban J connectivity index is 1.89. The van der Waals surface area contributed by atoms with Crippen molar-refractivity contribution >= 4 is 0 Å². The maximum absolute atomic E-state index is 3.55. The molecule has 2 rings (SSSR count). The normalized spacial score (nSPS) is 31.5. The number of piperazine rings is 1. The van der Waals surface area contributed by atoms with Crippen LogP contribution in [0.15, 0.2) is 0 Å². The van der Waals surface area contributed by atoms with E-state index in [1.54, 1.807) is 0 Å². The first-order valence-corrected chi connectivity index (χ1v) is 5.16. The van der Waals surface area contributed by atoms with Crippen LogP contribution in [0, 0.1) is 0 Å². The number of hydrogen-bond acceptors (Lipinski definition) is 2. The van der Waals surface area contributed by atoms with Gasteiger partial charge in [-0.05, 0) is 26.7 Å². The van der Waals surface area contributed by atoms with Crippen molar-refractivity contribution in [2.75, 3.05) is 19.6 Å². The van der Waals surface area contributed by atoms with E-state index in [1.807, 2.05) is 0 Å². The van der Waals surface area contributed by atoms with E-state index in [0.29, 0.717) is 5.54 Å². The molecule has 2 fully saturated rings. The molecule has 1 saturated carbocycles. The molecule has 0 amide bonds. The molecule has 2 aliphatic rings. The van der Waals surface area contributed by atoms with Crippen LogP contribution >= 0.6 is 0 Å². The maximum atomic E-state index is 3.55. The van der Waals surface area contributed by atoms with Crippen LogP contribution in [0.1, 0.15) is 33.1 Å². The van der Waals surface area contributed by atoms with E-state index >= 15 is 0 Å². The van der Waals surface area contributed by atoms with Crippen LogP contribution in [-0.2, 0) is 0 Å². The van der Waals surface area contributed by atoms with Crippen molar-refractivity contribution in [1.29, 1.82) is 0 Å². The summed E-state index contributed by atoms with van der Waals surface area (Å²) < 4.78 is 0. The van der Waals surface area contributed by atoms with Crippen LogP contribution in [0.4, 0.5) is 0 Å². The minimum absolute atomic E-state index is 0.341. The van der Waals surface area contributed by atoms with Crippen molar-refractivity contribution in [1.82, 2.24) is 10.2 Å². The van der Waals surface area contributed by atoms with Gasteiger partial charge in [0.2, 0.25) is 0 Å². The van der Waals surface area contributed by atoms with Gasteiger partial charge in [-0.15, -0.1) is 0 Å². The lowest BCUT2D eigenvalue weighted by atomic mass is 9.89. The van der Waals surface area contributed by atoms with Gasteiger partial charge in [0.25, 0.3) is 0 Å². The maximum Gasteiger partial charge on any atom is 0.0252 e. The molecule has 2 heteroatoms. The lowest BCUT2D eigenvalue weighted by molar-refractivity contribution is 0.0681. The number of nitrogens with zero attached hydrogens (tertiary/aromatic N) is 1. The van der Waals surface area contributed by atoms with Gasteiger partial charge >= 0.3 is 0 Å². The minimum Gasteiger partial charge on any atom is -0.309 e. The van der Waals surface area contributed by atoms with E-state index in [9.17, 15) is 0 Å². The van der Waals surface area contributed by atoms with Crippen LogP contribution in [-0.4, -0.2) is 36.1 Å². The lowest BCUT2D eigenvalue weighted by Crippen LogP contribution is -2.60. The zero-order valence-electron chi connectivity index (χ0n) is 8.27. The number of hydrogen-bond donors (Lipinski definition) is 1. The Hall–Kier alpha value is -0.0800. The van der Waals surface area contributed by atoms with Crippen molar-refractivity contribution in [2.24, 2.45) is 0 Å². The summed E-state index contributed by atoms with van der Waals surface area (Å²) in [5, 5.41) is 3.55. The van der Waals surface area contributed by atoms with Crippen LogP contribution < -0.4 is 5.32 Å². The van der Waals surface area contributed by atoms with E-state index in [-0.39, 0.29) is 0 Å². The molecular weight excluding hydrogens is 148 g/mol. The number of rotatable bonds is 1.